The Morgan fingerprint density at radius 2 is 2.00 bits per heavy atom. The number of nitrogens with two attached hydrogens (primary N) is 1. The average Bonchev–Trinajstić information content (AvgIpc) is 2.67. The van der Waals surface area contributed by atoms with Gasteiger partial charge < -0.3 is 5.73 Å². The summed E-state index contributed by atoms with van der Waals surface area (Å²) in [5.41, 5.74) is 5.89. The SMILES string of the molecule is CCC(N)C(C)S(=O)C1CCCC1. The van der Waals surface area contributed by atoms with Crippen LogP contribution in [0.5, 0.6) is 0 Å². The molecule has 0 aromatic carbocycles. The maximum absolute atomic E-state index is 12.0. The molecule has 0 radical (unpaired) electrons. The lowest BCUT2D eigenvalue weighted by Crippen LogP contribution is -2.38. The lowest BCUT2D eigenvalue weighted by Gasteiger charge is -2.21. The molecule has 0 saturated heterocycles. The van der Waals surface area contributed by atoms with Gasteiger partial charge in [0.05, 0.1) is 0 Å². The van der Waals surface area contributed by atoms with Gasteiger partial charge in [0.25, 0.3) is 0 Å². The molecule has 1 rings (SSSR count). The third-order valence-electron chi connectivity index (χ3n) is 3.07. The van der Waals surface area contributed by atoms with E-state index in [0.29, 0.717) is 5.25 Å². The van der Waals surface area contributed by atoms with E-state index in [0.717, 1.165) is 19.3 Å². The van der Waals surface area contributed by atoms with Crippen LogP contribution in [0.3, 0.4) is 0 Å². The van der Waals surface area contributed by atoms with Gasteiger partial charge in [0.15, 0.2) is 0 Å². The minimum atomic E-state index is -0.695. The molecule has 0 bridgehead atoms. The molecule has 3 heteroatoms. The van der Waals surface area contributed by atoms with Crippen molar-refractivity contribution in [1.82, 2.24) is 0 Å². The predicted molar refractivity (Wildman–Crippen MR) is 58.1 cm³/mol. The zero-order valence-corrected chi connectivity index (χ0v) is 9.48. The van der Waals surface area contributed by atoms with Crippen LogP contribution < -0.4 is 5.73 Å². The van der Waals surface area contributed by atoms with Gasteiger partial charge in [-0.25, -0.2) is 0 Å². The van der Waals surface area contributed by atoms with E-state index in [-0.39, 0.29) is 11.3 Å². The standard InChI is InChI=1S/C10H21NOS/c1-3-10(11)8(2)13(12)9-6-4-5-7-9/h8-10H,3-7,11H2,1-2H3. The lowest BCUT2D eigenvalue weighted by molar-refractivity contribution is 0.601. The highest BCUT2D eigenvalue weighted by atomic mass is 32.2. The van der Waals surface area contributed by atoms with Crippen LogP contribution in [0.25, 0.3) is 0 Å². The van der Waals surface area contributed by atoms with E-state index in [9.17, 15) is 4.21 Å². The Labute approximate surface area is 83.7 Å². The molecular weight excluding hydrogens is 182 g/mol. The molecule has 0 aromatic rings. The van der Waals surface area contributed by atoms with Crippen molar-refractivity contribution in [3.05, 3.63) is 0 Å². The van der Waals surface area contributed by atoms with E-state index in [1.165, 1.54) is 12.8 Å². The summed E-state index contributed by atoms with van der Waals surface area (Å²) < 4.78 is 12.0. The van der Waals surface area contributed by atoms with Crippen LogP contribution in [0.4, 0.5) is 0 Å². The van der Waals surface area contributed by atoms with Crippen LogP contribution in [-0.2, 0) is 10.8 Å². The molecule has 2 nitrogen and oxygen atoms in total. The third-order valence-corrected chi connectivity index (χ3v) is 5.28. The summed E-state index contributed by atoms with van der Waals surface area (Å²) in [6, 6.07) is 0.112. The van der Waals surface area contributed by atoms with Gasteiger partial charge in [0, 0.05) is 27.3 Å². The Morgan fingerprint density at radius 3 is 2.46 bits per heavy atom. The molecule has 0 aliphatic heterocycles. The first-order valence-electron chi connectivity index (χ1n) is 5.31. The highest BCUT2D eigenvalue weighted by molar-refractivity contribution is 7.86. The van der Waals surface area contributed by atoms with Gasteiger partial charge in [0.1, 0.15) is 0 Å². The second-order valence-corrected chi connectivity index (χ2v) is 6.08. The zero-order chi connectivity index (χ0) is 9.84. The van der Waals surface area contributed by atoms with Crippen molar-refractivity contribution in [3.63, 3.8) is 0 Å². The quantitative estimate of drug-likeness (QED) is 0.757. The smallest absolute Gasteiger partial charge is 0.0473 e. The van der Waals surface area contributed by atoms with E-state index in [1.54, 1.807) is 0 Å². The molecule has 0 aromatic heterocycles. The van der Waals surface area contributed by atoms with Crippen LogP contribution in [0, 0.1) is 0 Å². The fourth-order valence-electron chi connectivity index (χ4n) is 1.93. The summed E-state index contributed by atoms with van der Waals surface area (Å²) >= 11 is 0. The molecule has 1 saturated carbocycles. The Kier molecular flexibility index (Phi) is 4.39. The summed E-state index contributed by atoms with van der Waals surface area (Å²) in [5.74, 6) is 0. The maximum atomic E-state index is 12.0. The van der Waals surface area contributed by atoms with Crippen molar-refractivity contribution in [3.8, 4) is 0 Å². The summed E-state index contributed by atoms with van der Waals surface area (Å²) in [6.45, 7) is 4.09. The van der Waals surface area contributed by atoms with Crippen molar-refractivity contribution in [2.75, 3.05) is 0 Å². The Bertz CT molecular complexity index is 178. The van der Waals surface area contributed by atoms with E-state index < -0.39 is 10.8 Å². The largest absolute Gasteiger partial charge is 0.327 e. The first-order valence-corrected chi connectivity index (χ1v) is 6.59. The molecule has 78 valence electrons. The first kappa shape index (κ1) is 11.2. The van der Waals surface area contributed by atoms with Crippen LogP contribution in [0.1, 0.15) is 46.0 Å². The molecule has 3 atom stereocenters. The highest BCUT2D eigenvalue weighted by Gasteiger charge is 2.27. The Hall–Kier alpha value is 0.110. The molecule has 1 aliphatic rings. The van der Waals surface area contributed by atoms with Gasteiger partial charge in [-0.1, -0.05) is 19.8 Å². The second-order valence-electron chi connectivity index (χ2n) is 4.01. The Morgan fingerprint density at radius 1 is 1.46 bits per heavy atom. The molecule has 0 amide bonds. The van der Waals surface area contributed by atoms with Crippen molar-refractivity contribution >= 4 is 10.8 Å². The molecule has 13 heavy (non-hydrogen) atoms. The van der Waals surface area contributed by atoms with Crippen molar-refractivity contribution in [2.24, 2.45) is 5.73 Å². The average molecular weight is 203 g/mol. The van der Waals surface area contributed by atoms with Gasteiger partial charge in [-0.3, -0.25) is 4.21 Å². The summed E-state index contributed by atoms with van der Waals surface area (Å²) in [5, 5.41) is 0.612. The van der Waals surface area contributed by atoms with Crippen LogP contribution in [0.2, 0.25) is 0 Å². The molecule has 0 spiro atoms. The first-order chi connectivity index (χ1) is 6.16. The molecule has 1 aliphatic carbocycles. The second kappa shape index (κ2) is 5.11. The molecule has 1 fully saturated rings. The minimum absolute atomic E-state index is 0.112. The van der Waals surface area contributed by atoms with Gasteiger partial charge in [-0.2, -0.15) is 0 Å². The predicted octanol–water partition coefficient (Wildman–Crippen LogP) is 1.80. The molecule has 3 unspecified atom stereocenters. The summed E-state index contributed by atoms with van der Waals surface area (Å²) in [6.07, 6.45) is 5.73. The van der Waals surface area contributed by atoms with Gasteiger partial charge in [-0.15, -0.1) is 0 Å². The van der Waals surface area contributed by atoms with Crippen molar-refractivity contribution in [1.29, 1.82) is 0 Å². The van der Waals surface area contributed by atoms with Gasteiger partial charge in [-0.05, 0) is 26.2 Å². The van der Waals surface area contributed by atoms with Crippen LogP contribution in [-0.4, -0.2) is 20.8 Å². The van der Waals surface area contributed by atoms with E-state index >= 15 is 0 Å². The van der Waals surface area contributed by atoms with E-state index in [4.69, 9.17) is 5.73 Å². The zero-order valence-electron chi connectivity index (χ0n) is 8.66. The van der Waals surface area contributed by atoms with Crippen molar-refractivity contribution in [2.45, 2.75) is 62.5 Å². The minimum Gasteiger partial charge on any atom is -0.327 e. The highest BCUT2D eigenvalue weighted by Crippen LogP contribution is 2.25. The number of hydrogen-bond donors (Lipinski definition) is 1. The topological polar surface area (TPSA) is 43.1 Å². The maximum Gasteiger partial charge on any atom is 0.0473 e. The fourth-order valence-corrected chi connectivity index (χ4v) is 3.87. The summed E-state index contributed by atoms with van der Waals surface area (Å²) in [7, 11) is -0.695. The Balaban J connectivity index is 2.45. The normalized spacial score (nSPS) is 25.8. The number of rotatable bonds is 4. The van der Waals surface area contributed by atoms with Crippen LogP contribution in [0.15, 0.2) is 0 Å². The van der Waals surface area contributed by atoms with Gasteiger partial charge in [0.2, 0.25) is 0 Å². The van der Waals surface area contributed by atoms with E-state index in [2.05, 4.69) is 6.92 Å². The summed E-state index contributed by atoms with van der Waals surface area (Å²) in [4.78, 5) is 0. The monoisotopic (exact) mass is 203 g/mol. The van der Waals surface area contributed by atoms with Gasteiger partial charge >= 0.3 is 0 Å². The number of hydrogen-bond acceptors (Lipinski definition) is 2. The van der Waals surface area contributed by atoms with Crippen molar-refractivity contribution < 1.29 is 4.21 Å². The molecule has 0 heterocycles. The van der Waals surface area contributed by atoms with E-state index in [1.807, 2.05) is 6.92 Å². The fraction of sp³-hybridized carbons (Fsp3) is 1.00. The molecule has 2 N–H and O–H groups in total. The third kappa shape index (κ3) is 2.78. The van der Waals surface area contributed by atoms with Crippen LogP contribution >= 0.6 is 0 Å². The molecular formula is C10H21NOS. The lowest BCUT2D eigenvalue weighted by atomic mass is 10.2.